The smallest absolute Gasteiger partial charge is 0.239 e. The van der Waals surface area contributed by atoms with Gasteiger partial charge in [0.25, 0.3) is 0 Å². The molecule has 120 valence electrons. The maximum Gasteiger partial charge on any atom is 0.239 e. The largest absolute Gasteiger partial charge is 0.352 e. The minimum atomic E-state index is -0.127. The molecule has 1 saturated carbocycles. The summed E-state index contributed by atoms with van der Waals surface area (Å²) in [5, 5.41) is 5.71. The van der Waals surface area contributed by atoms with Gasteiger partial charge in [0.1, 0.15) is 0 Å². The predicted octanol–water partition coefficient (Wildman–Crippen LogP) is 2.95. The lowest BCUT2D eigenvalue weighted by Gasteiger charge is -2.16. The first-order chi connectivity index (χ1) is 10.6. The van der Waals surface area contributed by atoms with Crippen LogP contribution in [0.25, 0.3) is 0 Å². The van der Waals surface area contributed by atoms with E-state index < -0.39 is 0 Å². The molecule has 0 aromatic heterocycles. The summed E-state index contributed by atoms with van der Waals surface area (Å²) in [6.07, 6.45) is 7.29. The van der Waals surface area contributed by atoms with Gasteiger partial charge in [-0.2, -0.15) is 0 Å². The Morgan fingerprint density at radius 3 is 2.27 bits per heavy atom. The Labute approximate surface area is 140 Å². The third-order valence-electron chi connectivity index (χ3n) is 3.94. The second-order valence-electron chi connectivity index (χ2n) is 5.84. The maximum absolute atomic E-state index is 11.9. The predicted molar refractivity (Wildman–Crippen MR) is 90.5 cm³/mol. The first kappa shape index (κ1) is 17.0. The zero-order chi connectivity index (χ0) is 15.8. The van der Waals surface area contributed by atoms with Crippen molar-refractivity contribution in [1.82, 2.24) is 10.6 Å². The molecule has 0 heterocycles. The summed E-state index contributed by atoms with van der Waals surface area (Å²) in [5.74, 6) is -0.214. The van der Waals surface area contributed by atoms with E-state index in [-0.39, 0.29) is 24.4 Å². The SMILES string of the molecule is O=C(Cc1ccc(Br)cc1)NCC(=O)NC1CCCCCC1. The van der Waals surface area contributed by atoms with E-state index >= 15 is 0 Å². The van der Waals surface area contributed by atoms with Crippen LogP contribution >= 0.6 is 15.9 Å². The Hall–Kier alpha value is -1.36. The van der Waals surface area contributed by atoms with Crippen LogP contribution in [0.15, 0.2) is 28.7 Å². The molecular weight excluding hydrogens is 344 g/mol. The average molecular weight is 367 g/mol. The molecular formula is C17H23BrN2O2. The lowest BCUT2D eigenvalue weighted by atomic mass is 10.1. The summed E-state index contributed by atoms with van der Waals surface area (Å²) in [4.78, 5) is 23.7. The zero-order valence-electron chi connectivity index (χ0n) is 12.7. The van der Waals surface area contributed by atoms with Gasteiger partial charge in [-0.15, -0.1) is 0 Å². The van der Waals surface area contributed by atoms with Crippen LogP contribution in [0.2, 0.25) is 0 Å². The first-order valence-corrected chi connectivity index (χ1v) is 8.73. The van der Waals surface area contributed by atoms with Gasteiger partial charge in [0.15, 0.2) is 0 Å². The Bertz CT molecular complexity index is 494. The molecule has 0 aliphatic heterocycles. The van der Waals surface area contributed by atoms with Gasteiger partial charge >= 0.3 is 0 Å². The number of carbonyl (C=O) groups excluding carboxylic acids is 2. The second-order valence-corrected chi connectivity index (χ2v) is 6.75. The van der Waals surface area contributed by atoms with Gasteiger partial charge in [-0.05, 0) is 30.5 Å². The van der Waals surface area contributed by atoms with E-state index in [0.29, 0.717) is 6.42 Å². The molecule has 1 aliphatic rings. The molecule has 2 rings (SSSR count). The molecule has 1 aromatic rings. The second kappa shape index (κ2) is 8.93. The molecule has 22 heavy (non-hydrogen) atoms. The van der Waals surface area contributed by atoms with Crippen LogP contribution in [0.5, 0.6) is 0 Å². The quantitative estimate of drug-likeness (QED) is 0.787. The van der Waals surface area contributed by atoms with Gasteiger partial charge in [-0.1, -0.05) is 53.7 Å². The number of carbonyl (C=O) groups is 2. The van der Waals surface area contributed by atoms with Gasteiger partial charge in [0.2, 0.25) is 11.8 Å². The average Bonchev–Trinajstić information content (AvgIpc) is 2.76. The van der Waals surface area contributed by atoms with Crippen molar-refractivity contribution >= 4 is 27.7 Å². The number of halogens is 1. The highest BCUT2D eigenvalue weighted by Gasteiger charge is 2.15. The number of nitrogens with one attached hydrogen (secondary N) is 2. The molecule has 1 fully saturated rings. The molecule has 1 aliphatic carbocycles. The lowest BCUT2D eigenvalue weighted by Crippen LogP contribution is -2.42. The van der Waals surface area contributed by atoms with Gasteiger partial charge in [0.05, 0.1) is 13.0 Å². The van der Waals surface area contributed by atoms with Crippen LogP contribution in [0.4, 0.5) is 0 Å². The summed E-state index contributed by atoms with van der Waals surface area (Å²) < 4.78 is 0.986. The van der Waals surface area contributed by atoms with Crippen molar-refractivity contribution < 1.29 is 9.59 Å². The van der Waals surface area contributed by atoms with Gasteiger partial charge < -0.3 is 10.6 Å². The minimum Gasteiger partial charge on any atom is -0.352 e. The molecule has 0 atom stereocenters. The number of hydrogen-bond donors (Lipinski definition) is 2. The molecule has 0 unspecified atom stereocenters. The summed E-state index contributed by atoms with van der Waals surface area (Å²) in [6, 6.07) is 7.88. The normalized spacial score (nSPS) is 15.9. The van der Waals surface area contributed by atoms with E-state index in [2.05, 4.69) is 26.6 Å². The van der Waals surface area contributed by atoms with Crippen LogP contribution < -0.4 is 10.6 Å². The molecule has 5 heteroatoms. The number of benzene rings is 1. The zero-order valence-corrected chi connectivity index (χ0v) is 14.3. The molecule has 0 spiro atoms. The molecule has 4 nitrogen and oxygen atoms in total. The van der Waals surface area contributed by atoms with Crippen molar-refractivity contribution in [1.29, 1.82) is 0 Å². The fourth-order valence-corrected chi connectivity index (χ4v) is 3.00. The number of hydrogen-bond acceptors (Lipinski definition) is 2. The molecule has 1 aromatic carbocycles. The van der Waals surface area contributed by atoms with Crippen LogP contribution in [0, 0.1) is 0 Å². The Kier molecular flexibility index (Phi) is 6.90. The van der Waals surface area contributed by atoms with Crippen molar-refractivity contribution in [2.75, 3.05) is 6.54 Å². The third kappa shape index (κ3) is 6.18. The van der Waals surface area contributed by atoms with Crippen LogP contribution in [0.3, 0.4) is 0 Å². The molecule has 0 saturated heterocycles. The molecule has 2 amide bonds. The van der Waals surface area contributed by atoms with Crippen molar-refractivity contribution in [2.45, 2.75) is 51.0 Å². The van der Waals surface area contributed by atoms with Crippen LogP contribution in [0.1, 0.15) is 44.1 Å². The van der Waals surface area contributed by atoms with Crippen LogP contribution in [-0.4, -0.2) is 24.4 Å². The van der Waals surface area contributed by atoms with Crippen molar-refractivity contribution in [3.8, 4) is 0 Å². The molecule has 0 bridgehead atoms. The van der Waals surface area contributed by atoms with Gasteiger partial charge in [-0.25, -0.2) is 0 Å². The first-order valence-electron chi connectivity index (χ1n) is 7.94. The summed E-state index contributed by atoms with van der Waals surface area (Å²) in [5.41, 5.74) is 0.935. The Morgan fingerprint density at radius 2 is 1.64 bits per heavy atom. The fraction of sp³-hybridized carbons (Fsp3) is 0.529. The van der Waals surface area contributed by atoms with Crippen molar-refractivity contribution in [3.05, 3.63) is 34.3 Å². The van der Waals surface area contributed by atoms with E-state index in [1.807, 2.05) is 24.3 Å². The highest BCUT2D eigenvalue weighted by Crippen LogP contribution is 2.17. The van der Waals surface area contributed by atoms with Gasteiger partial charge in [0, 0.05) is 10.5 Å². The topological polar surface area (TPSA) is 58.2 Å². The van der Waals surface area contributed by atoms with E-state index in [4.69, 9.17) is 0 Å². The number of rotatable bonds is 5. The third-order valence-corrected chi connectivity index (χ3v) is 4.47. The monoisotopic (exact) mass is 366 g/mol. The standard InChI is InChI=1S/C17H23BrN2O2/c18-14-9-7-13(8-10-14)11-16(21)19-12-17(22)20-15-5-3-1-2-4-6-15/h7-10,15H,1-6,11-12H2,(H,19,21)(H,20,22). The fourth-order valence-electron chi connectivity index (χ4n) is 2.73. The van der Waals surface area contributed by atoms with E-state index in [9.17, 15) is 9.59 Å². The van der Waals surface area contributed by atoms with Crippen molar-refractivity contribution in [2.24, 2.45) is 0 Å². The summed E-state index contributed by atoms with van der Waals surface area (Å²) in [7, 11) is 0. The lowest BCUT2D eigenvalue weighted by molar-refractivity contribution is -0.126. The summed E-state index contributed by atoms with van der Waals surface area (Å²) in [6.45, 7) is 0.0614. The van der Waals surface area contributed by atoms with E-state index in [1.165, 1.54) is 25.7 Å². The van der Waals surface area contributed by atoms with Crippen LogP contribution in [-0.2, 0) is 16.0 Å². The number of amides is 2. The maximum atomic E-state index is 11.9. The molecule has 2 N–H and O–H groups in total. The minimum absolute atomic E-state index is 0.0614. The Morgan fingerprint density at radius 1 is 1.00 bits per heavy atom. The van der Waals surface area contributed by atoms with E-state index in [0.717, 1.165) is 22.9 Å². The van der Waals surface area contributed by atoms with Gasteiger partial charge in [-0.3, -0.25) is 9.59 Å². The summed E-state index contributed by atoms with van der Waals surface area (Å²) >= 11 is 3.36. The molecule has 0 radical (unpaired) electrons. The highest BCUT2D eigenvalue weighted by molar-refractivity contribution is 9.10. The Balaban J connectivity index is 1.68. The van der Waals surface area contributed by atoms with E-state index in [1.54, 1.807) is 0 Å². The van der Waals surface area contributed by atoms with Crippen molar-refractivity contribution in [3.63, 3.8) is 0 Å². The highest BCUT2D eigenvalue weighted by atomic mass is 79.9.